The molecular formula is C69H127N2O8S+. The van der Waals surface area contributed by atoms with Gasteiger partial charge in [0.25, 0.3) is 10.1 Å². The molecule has 4 saturated carbocycles. The van der Waals surface area contributed by atoms with Crippen LogP contribution in [-0.2, 0) is 38.2 Å². The van der Waals surface area contributed by atoms with Gasteiger partial charge in [-0.25, -0.2) is 0 Å². The third-order valence-corrected chi connectivity index (χ3v) is 22.2. The monoisotopic (exact) mass is 1140 g/mol. The number of allylic oxidation sites excluding steroid dienone is 2. The van der Waals surface area contributed by atoms with E-state index in [1.807, 2.05) is 0 Å². The van der Waals surface area contributed by atoms with Crippen LogP contribution < -0.4 is 5.32 Å². The van der Waals surface area contributed by atoms with Gasteiger partial charge in [-0.15, -0.1) is 0 Å². The van der Waals surface area contributed by atoms with E-state index in [1.165, 1.54) is 173 Å². The zero-order valence-corrected chi connectivity index (χ0v) is 54.1. The highest BCUT2D eigenvalue weighted by Crippen LogP contribution is 2.68. The van der Waals surface area contributed by atoms with Crippen molar-refractivity contribution in [2.75, 3.05) is 52.7 Å². The SMILES string of the molecule is CCCCCCCC/C=C\CCCCCCCC(=O)O[C@H](COC(=O)CCCCCCCCCCCCCCC)COS(=O)(=O)CCC[N+](C)(C)CCCNC(=O)CC[C@@H](C)[C@H]1CCC2C3CCC4CCCC[C@]4(C)C3CC[C@@]21C. The number of hydrogen-bond acceptors (Lipinski definition) is 8. The number of esters is 2. The minimum absolute atomic E-state index is 0.147. The lowest BCUT2D eigenvalue weighted by molar-refractivity contribution is -0.890. The van der Waals surface area contributed by atoms with E-state index in [4.69, 9.17) is 13.7 Å². The lowest BCUT2D eigenvalue weighted by atomic mass is 9.44. The highest BCUT2D eigenvalue weighted by atomic mass is 32.2. The minimum Gasteiger partial charge on any atom is -0.462 e. The number of ether oxygens (including phenoxy) is 2. The Morgan fingerprint density at radius 3 is 1.75 bits per heavy atom. The molecule has 9 atom stereocenters. The fraction of sp³-hybridized carbons (Fsp3) is 0.928. The number of carbonyl (C=O) groups excluding carboxylic acids is 3. The van der Waals surface area contributed by atoms with E-state index in [9.17, 15) is 22.8 Å². The lowest BCUT2D eigenvalue weighted by Gasteiger charge is -2.61. The van der Waals surface area contributed by atoms with Crippen LogP contribution >= 0.6 is 0 Å². The summed E-state index contributed by atoms with van der Waals surface area (Å²) in [6, 6.07) is 0. The average molecular weight is 1140 g/mol. The summed E-state index contributed by atoms with van der Waals surface area (Å²) in [5, 5.41) is 3.20. The van der Waals surface area contributed by atoms with Crippen LogP contribution in [0.25, 0.3) is 0 Å². The number of unbranched alkanes of at least 4 members (excludes halogenated alkanes) is 23. The van der Waals surface area contributed by atoms with Gasteiger partial charge in [0.05, 0.1) is 32.9 Å². The molecule has 4 aliphatic carbocycles. The Labute approximate surface area is 493 Å². The summed E-state index contributed by atoms with van der Waals surface area (Å²) in [7, 11) is 0.257. The van der Waals surface area contributed by atoms with Crippen molar-refractivity contribution in [1.29, 1.82) is 0 Å². The summed E-state index contributed by atoms with van der Waals surface area (Å²) in [5.74, 6) is 4.13. The van der Waals surface area contributed by atoms with Gasteiger partial charge in [-0.2, -0.15) is 8.42 Å². The summed E-state index contributed by atoms with van der Waals surface area (Å²) >= 11 is 0. The van der Waals surface area contributed by atoms with Gasteiger partial charge in [-0.3, -0.25) is 18.6 Å². The van der Waals surface area contributed by atoms with Gasteiger partial charge in [-0.1, -0.05) is 188 Å². The summed E-state index contributed by atoms with van der Waals surface area (Å²) in [4.78, 5) is 39.0. The molecule has 466 valence electrons. The third-order valence-electron chi connectivity index (χ3n) is 20.9. The number of fused-ring (bicyclic) bond motifs is 5. The van der Waals surface area contributed by atoms with E-state index in [2.05, 4.69) is 66.2 Å². The fourth-order valence-corrected chi connectivity index (χ4v) is 16.9. The first-order chi connectivity index (χ1) is 38.5. The van der Waals surface area contributed by atoms with Crippen molar-refractivity contribution in [2.24, 2.45) is 46.3 Å². The van der Waals surface area contributed by atoms with Gasteiger partial charge in [-0.05, 0) is 143 Å². The van der Waals surface area contributed by atoms with Crippen LogP contribution in [0.5, 0.6) is 0 Å². The van der Waals surface area contributed by atoms with Crippen LogP contribution in [-0.4, -0.2) is 89.5 Å². The van der Waals surface area contributed by atoms with E-state index in [0.29, 0.717) is 53.6 Å². The molecule has 0 aliphatic heterocycles. The van der Waals surface area contributed by atoms with Crippen molar-refractivity contribution in [3.8, 4) is 0 Å². The summed E-state index contributed by atoms with van der Waals surface area (Å²) in [6.07, 6.45) is 52.2. The molecule has 80 heavy (non-hydrogen) atoms. The summed E-state index contributed by atoms with van der Waals surface area (Å²) in [5.41, 5.74) is 1.00. The second kappa shape index (κ2) is 39.6. The highest BCUT2D eigenvalue weighted by Gasteiger charge is 2.60. The first-order valence-electron chi connectivity index (χ1n) is 34.5. The van der Waals surface area contributed by atoms with Crippen molar-refractivity contribution in [3.05, 3.63) is 12.2 Å². The van der Waals surface area contributed by atoms with Crippen LogP contribution in [0.4, 0.5) is 0 Å². The van der Waals surface area contributed by atoms with Crippen molar-refractivity contribution in [2.45, 2.75) is 310 Å². The molecule has 1 amide bonds. The molecule has 4 aliphatic rings. The second-order valence-corrected chi connectivity index (χ2v) is 29.5. The van der Waals surface area contributed by atoms with Crippen LogP contribution in [0.15, 0.2) is 12.2 Å². The predicted molar refractivity (Wildman–Crippen MR) is 333 cm³/mol. The molecule has 4 rings (SSSR count). The molecule has 0 aromatic heterocycles. The van der Waals surface area contributed by atoms with Crippen LogP contribution in [0.3, 0.4) is 0 Å². The Kier molecular flexibility index (Phi) is 34.9. The van der Waals surface area contributed by atoms with E-state index in [1.54, 1.807) is 0 Å². The van der Waals surface area contributed by atoms with Crippen molar-refractivity contribution in [1.82, 2.24) is 5.32 Å². The highest BCUT2D eigenvalue weighted by molar-refractivity contribution is 7.86. The number of hydrogen-bond donors (Lipinski definition) is 1. The number of nitrogens with one attached hydrogen (secondary N) is 1. The number of carbonyl (C=O) groups is 3. The van der Waals surface area contributed by atoms with Gasteiger partial charge in [0, 0.05) is 38.6 Å². The molecule has 11 heteroatoms. The number of amides is 1. The Balaban J connectivity index is 1.10. The number of rotatable bonds is 47. The molecule has 4 unspecified atom stereocenters. The minimum atomic E-state index is -3.94. The van der Waals surface area contributed by atoms with Gasteiger partial charge in [0.1, 0.15) is 13.2 Å². The van der Waals surface area contributed by atoms with Crippen LogP contribution in [0.2, 0.25) is 0 Å². The van der Waals surface area contributed by atoms with E-state index >= 15 is 0 Å². The summed E-state index contributed by atoms with van der Waals surface area (Å²) in [6.45, 7) is 13.7. The Bertz CT molecular complexity index is 1820. The first kappa shape index (κ1) is 70.5. The van der Waals surface area contributed by atoms with Crippen LogP contribution in [0.1, 0.15) is 304 Å². The molecule has 0 spiro atoms. The van der Waals surface area contributed by atoms with Gasteiger partial charge < -0.3 is 19.3 Å². The van der Waals surface area contributed by atoms with Crippen molar-refractivity contribution < 1.29 is 40.9 Å². The maximum atomic E-state index is 13.2. The zero-order chi connectivity index (χ0) is 58.0. The normalized spacial score (nSPS) is 24.7. The average Bonchev–Trinajstić information content (AvgIpc) is 3.97. The lowest BCUT2D eigenvalue weighted by Crippen LogP contribution is -2.53. The molecule has 1 N–H and O–H groups in total. The quantitative estimate of drug-likeness (QED) is 0.0210. The summed E-state index contributed by atoms with van der Waals surface area (Å²) < 4.78 is 43.8. The maximum Gasteiger partial charge on any atom is 0.306 e. The topological polar surface area (TPSA) is 125 Å². The van der Waals surface area contributed by atoms with E-state index in [0.717, 1.165) is 100 Å². The van der Waals surface area contributed by atoms with Crippen LogP contribution in [0, 0.1) is 46.3 Å². The predicted octanol–water partition coefficient (Wildman–Crippen LogP) is 17.7. The Morgan fingerprint density at radius 1 is 0.588 bits per heavy atom. The molecule has 0 aromatic rings. The van der Waals surface area contributed by atoms with Crippen molar-refractivity contribution >= 4 is 28.0 Å². The van der Waals surface area contributed by atoms with Gasteiger partial charge in [0.2, 0.25) is 5.91 Å². The number of nitrogens with zero attached hydrogens (tertiary/aromatic N) is 1. The second-order valence-electron chi connectivity index (χ2n) is 27.8. The Morgan fingerprint density at radius 2 is 1.14 bits per heavy atom. The third kappa shape index (κ3) is 26.9. The molecule has 4 fully saturated rings. The first-order valence-corrected chi connectivity index (χ1v) is 36.1. The number of quaternary nitrogens is 1. The Hall–Kier alpha value is -1.98. The molecule has 0 radical (unpaired) electrons. The molecule has 10 nitrogen and oxygen atoms in total. The fourth-order valence-electron chi connectivity index (χ4n) is 15.9. The molecular weight excluding hydrogens is 1020 g/mol. The smallest absolute Gasteiger partial charge is 0.306 e. The van der Waals surface area contributed by atoms with E-state index < -0.39 is 22.2 Å². The molecule has 0 aromatic carbocycles. The largest absolute Gasteiger partial charge is 0.462 e. The van der Waals surface area contributed by atoms with Gasteiger partial charge >= 0.3 is 11.9 Å². The van der Waals surface area contributed by atoms with E-state index in [-0.39, 0.29) is 43.7 Å². The molecule has 0 saturated heterocycles. The standard InChI is InChI=1S/C69H126N2O8S/c1-8-10-12-14-16-18-20-22-23-25-27-29-31-33-35-42-67(74)79-60(56-77-66(73)41-34-32-30-28-26-24-21-19-17-15-13-11-9-2)57-78-80(75,76)55-39-54-71(6,7)53-38-52-70-65(72)48-43-58(3)62-46-47-63-61-45-44-59-40-36-37-50-68(59,4)64(61)49-51-69(62,63)5/h22-23,58-64H,8-21,24-57H2,1-7H3/p+1/b23-22-/t58-,59?,60-,61?,62-,63?,64?,68+,69-/m1/s1. The van der Waals surface area contributed by atoms with Gasteiger partial charge in [0.15, 0.2) is 6.10 Å². The maximum absolute atomic E-state index is 13.2. The van der Waals surface area contributed by atoms with Crippen molar-refractivity contribution in [3.63, 3.8) is 0 Å². The molecule has 0 bridgehead atoms. The zero-order valence-electron chi connectivity index (χ0n) is 53.3. The molecule has 0 heterocycles.